The van der Waals surface area contributed by atoms with E-state index < -0.39 is 41.2 Å². The van der Waals surface area contributed by atoms with Gasteiger partial charge in [-0.1, -0.05) is 48.5 Å². The lowest BCUT2D eigenvalue weighted by Gasteiger charge is -2.32. The zero-order chi connectivity index (χ0) is 40.8. The van der Waals surface area contributed by atoms with E-state index in [0.29, 0.717) is 70.5 Å². The monoisotopic (exact) mass is 771 g/mol. The number of aromatic nitrogens is 4. The molecule has 0 N–H and O–H groups in total. The second kappa shape index (κ2) is 15.4. The fourth-order valence-corrected chi connectivity index (χ4v) is 8.06. The van der Waals surface area contributed by atoms with Gasteiger partial charge in [0.05, 0.1) is 34.3 Å². The van der Waals surface area contributed by atoms with Crippen molar-refractivity contribution >= 4 is 51.3 Å². The molecule has 2 fully saturated rings. The van der Waals surface area contributed by atoms with Gasteiger partial charge >= 0.3 is 6.09 Å². The molecule has 5 aromatic rings. The average molecular weight is 772 g/mol. The summed E-state index contributed by atoms with van der Waals surface area (Å²) in [4.78, 5) is 102. The number of benzene rings is 3. The number of carbonyl (C=O) groups excluding carboxylic acids is 5. The van der Waals surface area contributed by atoms with Gasteiger partial charge in [-0.05, 0) is 108 Å². The number of hydrogen-bond acceptors (Lipinski definition) is 10. The van der Waals surface area contributed by atoms with E-state index in [1.54, 1.807) is 46.8 Å². The molecule has 0 spiro atoms. The van der Waals surface area contributed by atoms with E-state index in [1.807, 2.05) is 48.5 Å². The molecule has 57 heavy (non-hydrogen) atoms. The number of imide groups is 3. The first-order chi connectivity index (χ1) is 27.1. The Morgan fingerprint density at radius 2 is 1.18 bits per heavy atom. The minimum atomic E-state index is -1.09. The molecule has 1 saturated carbocycles. The Morgan fingerprint density at radius 1 is 0.684 bits per heavy atom. The number of carbonyl (C=O) groups is 5. The Bertz CT molecular complexity index is 2600. The second-order valence-electron chi connectivity index (χ2n) is 15.9. The van der Waals surface area contributed by atoms with Crippen LogP contribution < -0.4 is 11.1 Å². The summed E-state index contributed by atoms with van der Waals surface area (Å²) in [6, 6.07) is 17.5. The van der Waals surface area contributed by atoms with E-state index in [0.717, 1.165) is 22.3 Å². The third-order valence-electron chi connectivity index (χ3n) is 10.8. The van der Waals surface area contributed by atoms with Crippen LogP contribution in [0.5, 0.6) is 0 Å². The molecule has 13 nitrogen and oxygen atoms in total. The van der Waals surface area contributed by atoms with E-state index >= 15 is 0 Å². The van der Waals surface area contributed by atoms with Crippen LogP contribution in [-0.2, 0) is 49.6 Å². The lowest BCUT2D eigenvalue weighted by atomic mass is 9.92. The summed E-state index contributed by atoms with van der Waals surface area (Å²) < 4.78 is 8.10. The van der Waals surface area contributed by atoms with Crippen LogP contribution in [0.25, 0.3) is 21.8 Å². The highest BCUT2D eigenvalue weighted by molar-refractivity contribution is 6.11. The van der Waals surface area contributed by atoms with Crippen LogP contribution in [0.4, 0.5) is 4.79 Å². The molecule has 7 rings (SSSR count). The molecule has 2 atom stereocenters. The number of hydrogen-bond donors (Lipinski definition) is 0. The summed E-state index contributed by atoms with van der Waals surface area (Å²) >= 11 is 0. The molecule has 0 bridgehead atoms. The Kier molecular flexibility index (Phi) is 10.6. The smallest absolute Gasteiger partial charge is 0.424 e. The van der Waals surface area contributed by atoms with Crippen molar-refractivity contribution < 1.29 is 28.7 Å². The number of Topliss-reactive ketones (excluding diaryl/α,β-unsaturated/α-hetero) is 2. The molecule has 3 aromatic carbocycles. The summed E-state index contributed by atoms with van der Waals surface area (Å²) in [6.07, 6.45) is 1.67. The number of aryl methyl sites for hydroxylation is 6. The summed E-state index contributed by atoms with van der Waals surface area (Å²) in [7, 11) is 0. The van der Waals surface area contributed by atoms with Crippen molar-refractivity contribution in [3.63, 3.8) is 0 Å². The number of rotatable bonds is 8. The van der Waals surface area contributed by atoms with Crippen molar-refractivity contribution in [1.29, 1.82) is 0 Å². The molecule has 294 valence electrons. The third kappa shape index (κ3) is 7.83. The quantitative estimate of drug-likeness (QED) is 0.139. The first kappa shape index (κ1) is 39.1. The summed E-state index contributed by atoms with van der Waals surface area (Å²) in [6.45, 7) is 8.27. The van der Waals surface area contributed by atoms with Crippen LogP contribution in [0, 0.1) is 13.8 Å². The van der Waals surface area contributed by atoms with Crippen molar-refractivity contribution in [1.82, 2.24) is 24.0 Å². The van der Waals surface area contributed by atoms with Crippen molar-refractivity contribution in [3.8, 4) is 0 Å². The SMILES string of the molecule is Cc1nc2cccc(CCc3ccc(CCc4cccc5nc(C)n(C6CCC(=O)N(C(=O)OC(C)(C)C)C6=O)c(=O)c45)cc3)c2c(=O)n1C1CCC(=O)CC1=O. The Hall–Kier alpha value is -6.11. The highest BCUT2D eigenvalue weighted by Gasteiger charge is 2.42. The lowest BCUT2D eigenvalue weighted by molar-refractivity contribution is -0.149. The first-order valence-corrected chi connectivity index (χ1v) is 19.3. The van der Waals surface area contributed by atoms with Crippen LogP contribution in [0.15, 0.2) is 70.3 Å². The van der Waals surface area contributed by atoms with E-state index in [1.165, 1.54) is 9.13 Å². The highest BCUT2D eigenvalue weighted by atomic mass is 16.6. The normalized spacial score (nSPS) is 17.8. The molecule has 2 unspecified atom stereocenters. The van der Waals surface area contributed by atoms with Gasteiger partial charge in [-0.15, -0.1) is 0 Å². The molecule has 1 saturated heterocycles. The lowest BCUT2D eigenvalue weighted by Crippen LogP contribution is -2.52. The minimum absolute atomic E-state index is 0.0547. The number of piperidine rings is 1. The fraction of sp³-hybridized carbons (Fsp3) is 0.386. The van der Waals surface area contributed by atoms with Gasteiger partial charge in [0.2, 0.25) is 5.91 Å². The summed E-state index contributed by atoms with van der Waals surface area (Å²) in [5.41, 5.74) is 3.20. The molecule has 0 radical (unpaired) electrons. The van der Waals surface area contributed by atoms with Crippen molar-refractivity contribution in [2.24, 2.45) is 0 Å². The molecule has 1 aliphatic carbocycles. The number of amides is 3. The standard InChI is InChI=1S/C44H45N5O8/c1-25-45-32-10-6-8-29(38(32)41(54)47(25)34-21-20-31(50)24-36(34)51)18-16-27-12-14-28(15-13-27)17-19-30-9-7-11-33-39(30)42(55)48(26(2)46-33)35-22-23-37(52)49(40(35)53)43(56)57-44(3,4)5/h6-15,34-35H,16-24H2,1-5H3. The van der Waals surface area contributed by atoms with Gasteiger partial charge in [-0.25, -0.2) is 14.8 Å². The molecule has 3 heterocycles. The minimum Gasteiger partial charge on any atom is -0.443 e. The van der Waals surface area contributed by atoms with Crippen LogP contribution in [0.1, 0.15) is 98.9 Å². The Labute approximate surface area is 328 Å². The predicted molar refractivity (Wildman–Crippen MR) is 212 cm³/mol. The number of ether oxygens (including phenoxy) is 1. The molecular weight excluding hydrogens is 727 g/mol. The Morgan fingerprint density at radius 3 is 1.67 bits per heavy atom. The molecule has 2 aromatic heterocycles. The van der Waals surface area contributed by atoms with Gasteiger partial charge in [0, 0.05) is 12.8 Å². The molecule has 3 amide bonds. The van der Waals surface area contributed by atoms with Crippen LogP contribution in [-0.4, -0.2) is 59.1 Å². The van der Waals surface area contributed by atoms with E-state index in [4.69, 9.17) is 4.74 Å². The van der Waals surface area contributed by atoms with Crippen LogP contribution in [0.2, 0.25) is 0 Å². The molecular formula is C44H45N5O8. The second-order valence-corrected chi connectivity index (χ2v) is 15.9. The van der Waals surface area contributed by atoms with Crippen molar-refractivity contribution in [3.05, 3.63) is 115 Å². The number of likely N-dealkylation sites (tertiary alicyclic amines) is 1. The predicted octanol–water partition coefficient (Wildman–Crippen LogP) is 5.78. The summed E-state index contributed by atoms with van der Waals surface area (Å²) in [5.74, 6) is -1.08. The average Bonchev–Trinajstić information content (AvgIpc) is 3.14. The molecule has 13 heteroatoms. The van der Waals surface area contributed by atoms with E-state index in [2.05, 4.69) is 9.97 Å². The van der Waals surface area contributed by atoms with Gasteiger partial charge in [0.1, 0.15) is 29.1 Å². The van der Waals surface area contributed by atoms with Crippen molar-refractivity contribution in [2.45, 2.75) is 110 Å². The van der Waals surface area contributed by atoms with Gasteiger partial charge in [-0.3, -0.25) is 37.9 Å². The van der Waals surface area contributed by atoms with Crippen molar-refractivity contribution in [2.75, 3.05) is 0 Å². The van der Waals surface area contributed by atoms with Crippen LogP contribution in [0.3, 0.4) is 0 Å². The first-order valence-electron chi connectivity index (χ1n) is 19.3. The van der Waals surface area contributed by atoms with Gasteiger partial charge in [0.15, 0.2) is 5.78 Å². The number of ketones is 2. The number of nitrogens with zero attached hydrogens (tertiary/aromatic N) is 5. The zero-order valence-electron chi connectivity index (χ0n) is 32.8. The van der Waals surface area contributed by atoms with Gasteiger partial charge in [0.25, 0.3) is 17.0 Å². The Balaban J connectivity index is 1.08. The summed E-state index contributed by atoms with van der Waals surface area (Å²) in [5, 5.41) is 0.873. The maximum atomic E-state index is 14.2. The van der Waals surface area contributed by atoms with Crippen LogP contribution >= 0.6 is 0 Å². The highest BCUT2D eigenvalue weighted by Crippen LogP contribution is 2.28. The maximum Gasteiger partial charge on any atom is 0.424 e. The number of fused-ring (bicyclic) bond motifs is 2. The van der Waals surface area contributed by atoms with Gasteiger partial charge < -0.3 is 4.74 Å². The van der Waals surface area contributed by atoms with E-state index in [9.17, 15) is 33.6 Å². The molecule has 1 aliphatic heterocycles. The topological polar surface area (TPSA) is 168 Å². The fourth-order valence-electron chi connectivity index (χ4n) is 8.06. The van der Waals surface area contributed by atoms with E-state index in [-0.39, 0.29) is 42.8 Å². The third-order valence-corrected chi connectivity index (χ3v) is 10.8. The molecule has 2 aliphatic rings. The maximum absolute atomic E-state index is 14.2. The largest absolute Gasteiger partial charge is 0.443 e. The van der Waals surface area contributed by atoms with Gasteiger partial charge in [-0.2, -0.15) is 4.90 Å². The zero-order valence-corrected chi connectivity index (χ0v) is 32.8.